The molecule has 0 bridgehead atoms. The van der Waals surface area contributed by atoms with E-state index in [9.17, 15) is 13.2 Å². The number of halogens is 1. The number of ether oxygens (including phenoxy) is 1. The van der Waals surface area contributed by atoms with E-state index in [1.807, 2.05) is 0 Å². The van der Waals surface area contributed by atoms with E-state index in [1.165, 1.54) is 24.3 Å². The molecule has 0 atom stereocenters. The summed E-state index contributed by atoms with van der Waals surface area (Å²) >= 11 is 5.79. The van der Waals surface area contributed by atoms with Gasteiger partial charge in [0.15, 0.2) is 0 Å². The molecule has 0 aliphatic rings. The van der Waals surface area contributed by atoms with Crippen LogP contribution < -0.4 is 10.0 Å². The van der Waals surface area contributed by atoms with Crippen molar-refractivity contribution < 1.29 is 17.9 Å². The van der Waals surface area contributed by atoms with Gasteiger partial charge in [0.25, 0.3) is 5.91 Å². The van der Waals surface area contributed by atoms with Crippen molar-refractivity contribution in [2.24, 2.45) is 0 Å². The van der Waals surface area contributed by atoms with Crippen LogP contribution >= 0.6 is 11.6 Å². The molecule has 25 heavy (non-hydrogen) atoms. The predicted octanol–water partition coefficient (Wildman–Crippen LogP) is 2.91. The number of rotatable bonds is 8. The maximum atomic E-state index is 12.1. The molecule has 1 amide bonds. The number of carbonyl (C=O) groups excluding carboxylic acids is 1. The van der Waals surface area contributed by atoms with Crippen LogP contribution in [0.3, 0.4) is 0 Å². The van der Waals surface area contributed by atoms with Crippen molar-refractivity contribution in [1.29, 1.82) is 0 Å². The van der Waals surface area contributed by atoms with Crippen LogP contribution in [0, 0.1) is 0 Å². The first-order valence-corrected chi connectivity index (χ1v) is 9.44. The van der Waals surface area contributed by atoms with Crippen molar-refractivity contribution in [2.45, 2.75) is 11.3 Å². The number of nitrogens with one attached hydrogen (secondary N) is 2. The zero-order chi connectivity index (χ0) is 18.3. The van der Waals surface area contributed by atoms with Gasteiger partial charge in [0.05, 0.1) is 4.90 Å². The summed E-state index contributed by atoms with van der Waals surface area (Å²) in [6, 6.07) is 12.4. The summed E-state index contributed by atoms with van der Waals surface area (Å²) in [4.78, 5) is 12.2. The molecule has 0 aromatic heterocycles. The Bertz CT molecular complexity index is 806. The van der Waals surface area contributed by atoms with Gasteiger partial charge in [-0.2, -0.15) is 0 Å². The number of amides is 1. The van der Waals surface area contributed by atoms with Crippen LogP contribution in [0.15, 0.2) is 53.4 Å². The highest BCUT2D eigenvalue weighted by Crippen LogP contribution is 2.16. The van der Waals surface area contributed by atoms with Crippen LogP contribution in [0.5, 0.6) is 0 Å². The Balaban J connectivity index is 1.99. The molecule has 2 N–H and O–H groups in total. The Kier molecular flexibility index (Phi) is 6.95. The molecule has 2 rings (SSSR count). The van der Waals surface area contributed by atoms with Crippen LogP contribution in [-0.4, -0.2) is 34.6 Å². The Labute approximate surface area is 152 Å². The average Bonchev–Trinajstić information content (AvgIpc) is 2.60. The van der Waals surface area contributed by atoms with Gasteiger partial charge in [-0.05, 0) is 55.0 Å². The molecule has 8 heteroatoms. The highest BCUT2D eigenvalue weighted by Gasteiger charge is 2.13. The summed E-state index contributed by atoms with van der Waals surface area (Å²) in [6.45, 7) is 0.781. The normalized spacial score (nSPS) is 11.3. The molecule has 0 saturated carbocycles. The highest BCUT2D eigenvalue weighted by molar-refractivity contribution is 7.89. The molecule has 2 aromatic rings. The van der Waals surface area contributed by atoms with E-state index >= 15 is 0 Å². The van der Waals surface area contributed by atoms with Gasteiger partial charge in [-0.1, -0.05) is 11.6 Å². The van der Waals surface area contributed by atoms with Crippen molar-refractivity contribution in [3.63, 3.8) is 0 Å². The molecule has 0 saturated heterocycles. The SMILES string of the molecule is COCCCNS(=O)(=O)c1ccc(NC(=O)c2ccc(Cl)cc2)cc1. The van der Waals surface area contributed by atoms with E-state index in [0.29, 0.717) is 35.8 Å². The second kappa shape index (κ2) is 8.96. The Hall–Kier alpha value is -1.93. The van der Waals surface area contributed by atoms with E-state index in [1.54, 1.807) is 31.4 Å². The van der Waals surface area contributed by atoms with E-state index in [2.05, 4.69) is 10.0 Å². The minimum absolute atomic E-state index is 0.134. The second-order valence-corrected chi connectivity index (χ2v) is 7.43. The lowest BCUT2D eigenvalue weighted by Crippen LogP contribution is -2.25. The topological polar surface area (TPSA) is 84.5 Å². The fraction of sp³-hybridized carbons (Fsp3) is 0.235. The highest BCUT2D eigenvalue weighted by atomic mass is 35.5. The monoisotopic (exact) mass is 382 g/mol. The third-order valence-electron chi connectivity index (χ3n) is 3.35. The third-order valence-corrected chi connectivity index (χ3v) is 5.08. The first-order chi connectivity index (χ1) is 11.9. The summed E-state index contributed by atoms with van der Waals surface area (Å²) < 4.78 is 31.6. The van der Waals surface area contributed by atoms with Crippen LogP contribution in [0.1, 0.15) is 16.8 Å². The third kappa shape index (κ3) is 5.82. The number of hydrogen-bond acceptors (Lipinski definition) is 4. The Morgan fingerprint density at radius 3 is 2.32 bits per heavy atom. The quantitative estimate of drug-likeness (QED) is 0.687. The van der Waals surface area contributed by atoms with Crippen LogP contribution in [-0.2, 0) is 14.8 Å². The van der Waals surface area contributed by atoms with Gasteiger partial charge >= 0.3 is 0 Å². The molecule has 0 aliphatic carbocycles. The fourth-order valence-electron chi connectivity index (χ4n) is 2.03. The molecular formula is C17H19ClN2O4S. The van der Waals surface area contributed by atoms with E-state index in [-0.39, 0.29) is 10.8 Å². The first kappa shape index (κ1) is 19.4. The number of benzene rings is 2. The number of carbonyl (C=O) groups is 1. The van der Waals surface area contributed by atoms with Gasteiger partial charge < -0.3 is 10.1 Å². The minimum atomic E-state index is -3.58. The van der Waals surface area contributed by atoms with Gasteiger partial charge in [0, 0.05) is 36.5 Å². The molecule has 0 radical (unpaired) electrons. The van der Waals surface area contributed by atoms with E-state index < -0.39 is 10.0 Å². The number of methoxy groups -OCH3 is 1. The number of hydrogen-bond donors (Lipinski definition) is 2. The van der Waals surface area contributed by atoms with Gasteiger partial charge in [-0.25, -0.2) is 13.1 Å². The zero-order valence-corrected chi connectivity index (χ0v) is 15.2. The smallest absolute Gasteiger partial charge is 0.255 e. The lowest BCUT2D eigenvalue weighted by Gasteiger charge is -2.09. The van der Waals surface area contributed by atoms with E-state index in [4.69, 9.17) is 16.3 Å². The van der Waals surface area contributed by atoms with Crippen molar-refractivity contribution in [3.8, 4) is 0 Å². The molecule has 0 fully saturated rings. The van der Waals surface area contributed by atoms with Crippen molar-refractivity contribution >= 4 is 33.2 Å². The Morgan fingerprint density at radius 2 is 1.72 bits per heavy atom. The molecule has 2 aromatic carbocycles. The molecule has 0 heterocycles. The van der Waals surface area contributed by atoms with Gasteiger partial charge in [0.1, 0.15) is 0 Å². The Morgan fingerprint density at radius 1 is 1.08 bits per heavy atom. The molecule has 0 unspecified atom stereocenters. The summed E-state index contributed by atoms with van der Waals surface area (Å²) in [6.07, 6.45) is 0.588. The maximum absolute atomic E-state index is 12.1. The number of anilines is 1. The lowest BCUT2D eigenvalue weighted by molar-refractivity contribution is 0.102. The molecular weight excluding hydrogens is 364 g/mol. The summed E-state index contributed by atoms with van der Waals surface area (Å²) in [5.41, 5.74) is 0.958. The summed E-state index contributed by atoms with van der Waals surface area (Å²) in [5.74, 6) is -0.301. The molecule has 0 spiro atoms. The van der Waals surface area contributed by atoms with Gasteiger partial charge in [-0.15, -0.1) is 0 Å². The second-order valence-electron chi connectivity index (χ2n) is 5.23. The minimum Gasteiger partial charge on any atom is -0.385 e. The van der Waals surface area contributed by atoms with Crippen molar-refractivity contribution in [1.82, 2.24) is 4.72 Å². The molecule has 0 aliphatic heterocycles. The largest absolute Gasteiger partial charge is 0.385 e. The van der Waals surface area contributed by atoms with Crippen LogP contribution in [0.25, 0.3) is 0 Å². The van der Waals surface area contributed by atoms with Crippen LogP contribution in [0.4, 0.5) is 5.69 Å². The van der Waals surface area contributed by atoms with Crippen LogP contribution in [0.2, 0.25) is 5.02 Å². The maximum Gasteiger partial charge on any atom is 0.255 e. The zero-order valence-electron chi connectivity index (χ0n) is 13.7. The van der Waals surface area contributed by atoms with Crippen molar-refractivity contribution in [3.05, 3.63) is 59.1 Å². The lowest BCUT2D eigenvalue weighted by atomic mass is 10.2. The first-order valence-electron chi connectivity index (χ1n) is 7.58. The molecule has 134 valence electrons. The van der Waals surface area contributed by atoms with Gasteiger partial charge in [0.2, 0.25) is 10.0 Å². The fourth-order valence-corrected chi connectivity index (χ4v) is 3.23. The van der Waals surface area contributed by atoms with Crippen molar-refractivity contribution in [2.75, 3.05) is 25.6 Å². The van der Waals surface area contributed by atoms with E-state index in [0.717, 1.165) is 0 Å². The molecule has 6 nitrogen and oxygen atoms in total. The number of sulfonamides is 1. The predicted molar refractivity (Wildman–Crippen MR) is 97.5 cm³/mol. The average molecular weight is 383 g/mol. The summed E-state index contributed by atoms with van der Waals surface area (Å²) in [5, 5.41) is 3.25. The standard InChI is InChI=1S/C17H19ClN2O4S/c1-24-12-2-11-19-25(22,23)16-9-7-15(8-10-16)20-17(21)13-3-5-14(18)6-4-13/h3-10,19H,2,11-12H2,1H3,(H,20,21). The summed E-state index contributed by atoms with van der Waals surface area (Å²) in [7, 11) is -2.01. The van der Waals surface area contributed by atoms with Gasteiger partial charge in [-0.3, -0.25) is 4.79 Å².